The molecular weight excluding hydrogens is 232 g/mol. The summed E-state index contributed by atoms with van der Waals surface area (Å²) in [5.41, 5.74) is 1.06. The first-order valence-corrected chi connectivity index (χ1v) is 7.17. The molecule has 1 heterocycles. The number of anilines is 1. The van der Waals surface area contributed by atoms with Crippen molar-refractivity contribution in [3.05, 3.63) is 23.9 Å². The fraction of sp³-hybridized carbons (Fsp3) is 0.615. The number of rotatable bonds is 7. The maximum absolute atomic E-state index is 9.42. The van der Waals surface area contributed by atoms with Crippen molar-refractivity contribution in [1.82, 2.24) is 4.98 Å². The third-order valence-electron chi connectivity index (χ3n) is 2.54. The number of thioether (sulfide) groups is 1. The molecule has 0 amide bonds. The van der Waals surface area contributed by atoms with Crippen molar-refractivity contribution < 1.29 is 5.11 Å². The molecule has 4 heteroatoms. The molecule has 0 aromatic carbocycles. The molecule has 2 unspecified atom stereocenters. The Morgan fingerprint density at radius 1 is 1.41 bits per heavy atom. The summed E-state index contributed by atoms with van der Waals surface area (Å²) >= 11 is 1.73. The summed E-state index contributed by atoms with van der Waals surface area (Å²) in [4.78, 5) is 4.53. The highest BCUT2D eigenvalue weighted by Gasteiger charge is 2.09. The molecule has 0 aliphatic heterocycles. The molecule has 0 spiro atoms. The van der Waals surface area contributed by atoms with Crippen LogP contribution in [0.1, 0.15) is 32.9 Å². The van der Waals surface area contributed by atoms with E-state index in [1.54, 1.807) is 11.8 Å². The Morgan fingerprint density at radius 2 is 2.18 bits per heavy atom. The maximum Gasteiger partial charge on any atom is 0.126 e. The van der Waals surface area contributed by atoms with Crippen LogP contribution in [-0.2, 0) is 5.75 Å². The van der Waals surface area contributed by atoms with Gasteiger partial charge in [-0.1, -0.05) is 19.9 Å². The Labute approximate surface area is 108 Å². The fourth-order valence-corrected chi connectivity index (χ4v) is 2.14. The largest absolute Gasteiger partial charge is 0.392 e. The van der Waals surface area contributed by atoms with E-state index in [2.05, 4.69) is 17.2 Å². The Balaban J connectivity index is 2.48. The second kappa shape index (κ2) is 7.56. The predicted octanol–water partition coefficient (Wildman–Crippen LogP) is 2.91. The van der Waals surface area contributed by atoms with E-state index < -0.39 is 0 Å². The number of aliphatic hydroxyl groups excluding tert-OH is 1. The van der Waals surface area contributed by atoms with Crippen molar-refractivity contribution in [2.24, 2.45) is 0 Å². The Hall–Kier alpha value is -0.740. The van der Waals surface area contributed by atoms with Crippen LogP contribution in [0.5, 0.6) is 0 Å². The third-order valence-corrected chi connectivity index (χ3v) is 3.92. The first kappa shape index (κ1) is 14.3. The fourth-order valence-electron chi connectivity index (χ4n) is 1.27. The van der Waals surface area contributed by atoms with Crippen LogP contribution in [0.3, 0.4) is 0 Å². The van der Waals surface area contributed by atoms with Crippen molar-refractivity contribution in [2.75, 3.05) is 11.9 Å². The van der Waals surface area contributed by atoms with E-state index in [1.807, 2.05) is 32.0 Å². The molecule has 0 fully saturated rings. The van der Waals surface area contributed by atoms with Crippen LogP contribution in [-0.4, -0.2) is 28.0 Å². The molecule has 1 rings (SSSR count). The molecule has 96 valence electrons. The zero-order valence-electron chi connectivity index (χ0n) is 10.8. The van der Waals surface area contributed by atoms with E-state index in [0.717, 1.165) is 30.2 Å². The average Bonchev–Trinajstić information content (AvgIpc) is 2.33. The number of aliphatic hydroxyl groups is 1. The van der Waals surface area contributed by atoms with Crippen molar-refractivity contribution >= 4 is 17.6 Å². The highest BCUT2D eigenvalue weighted by Crippen LogP contribution is 2.19. The summed E-state index contributed by atoms with van der Waals surface area (Å²) in [6.45, 7) is 6.95. The summed E-state index contributed by atoms with van der Waals surface area (Å²) in [5.74, 6) is 1.78. The monoisotopic (exact) mass is 254 g/mol. The average molecular weight is 254 g/mol. The zero-order valence-corrected chi connectivity index (χ0v) is 11.6. The predicted molar refractivity (Wildman–Crippen MR) is 75.5 cm³/mol. The summed E-state index contributed by atoms with van der Waals surface area (Å²) in [5, 5.41) is 12.9. The minimum absolute atomic E-state index is 0.240. The smallest absolute Gasteiger partial charge is 0.126 e. The van der Waals surface area contributed by atoms with Crippen molar-refractivity contribution in [2.45, 2.75) is 44.3 Å². The van der Waals surface area contributed by atoms with E-state index in [9.17, 15) is 5.11 Å². The molecule has 2 atom stereocenters. The number of aromatic nitrogens is 1. The van der Waals surface area contributed by atoms with E-state index in [1.165, 1.54) is 0 Å². The van der Waals surface area contributed by atoms with Crippen LogP contribution < -0.4 is 5.32 Å². The van der Waals surface area contributed by atoms with Gasteiger partial charge in [-0.15, -0.1) is 11.8 Å². The molecule has 2 N–H and O–H groups in total. The molecular formula is C13H22N2OS. The minimum atomic E-state index is -0.276. The molecule has 0 saturated carbocycles. The molecule has 3 nitrogen and oxygen atoms in total. The first-order chi connectivity index (χ1) is 8.13. The zero-order chi connectivity index (χ0) is 12.7. The molecule has 0 aliphatic rings. The molecule has 0 aliphatic carbocycles. The Morgan fingerprint density at radius 3 is 2.82 bits per heavy atom. The second-order valence-corrected chi connectivity index (χ2v) is 5.56. The lowest BCUT2D eigenvalue weighted by Crippen LogP contribution is -2.15. The summed E-state index contributed by atoms with van der Waals surface area (Å²) in [6, 6.07) is 6.04. The van der Waals surface area contributed by atoms with Crippen LogP contribution >= 0.6 is 11.8 Å². The van der Waals surface area contributed by atoms with E-state index in [0.29, 0.717) is 0 Å². The van der Waals surface area contributed by atoms with Gasteiger partial charge in [-0.25, -0.2) is 4.98 Å². The lowest BCUT2D eigenvalue weighted by Gasteiger charge is -2.14. The number of pyridine rings is 1. The summed E-state index contributed by atoms with van der Waals surface area (Å²) < 4.78 is 0. The number of nitrogens with one attached hydrogen (secondary N) is 1. The van der Waals surface area contributed by atoms with Crippen LogP contribution in [0.4, 0.5) is 5.82 Å². The van der Waals surface area contributed by atoms with Gasteiger partial charge in [-0.2, -0.15) is 0 Å². The Kier molecular flexibility index (Phi) is 6.37. The van der Waals surface area contributed by atoms with Gasteiger partial charge in [0.1, 0.15) is 5.82 Å². The topological polar surface area (TPSA) is 45.1 Å². The van der Waals surface area contributed by atoms with Gasteiger partial charge in [-0.05, 0) is 25.5 Å². The number of nitrogens with zero attached hydrogens (tertiary/aromatic N) is 1. The number of hydrogen-bond acceptors (Lipinski definition) is 4. The van der Waals surface area contributed by atoms with Gasteiger partial charge >= 0.3 is 0 Å². The van der Waals surface area contributed by atoms with Crippen LogP contribution in [0.25, 0.3) is 0 Å². The SMILES string of the molecule is CCCNc1cccc(CSC(C)C(C)O)n1. The molecule has 0 radical (unpaired) electrons. The van der Waals surface area contributed by atoms with E-state index >= 15 is 0 Å². The second-order valence-electron chi connectivity index (χ2n) is 4.20. The molecule has 17 heavy (non-hydrogen) atoms. The van der Waals surface area contributed by atoms with Gasteiger partial charge in [-0.3, -0.25) is 0 Å². The van der Waals surface area contributed by atoms with Crippen LogP contribution in [0.2, 0.25) is 0 Å². The lowest BCUT2D eigenvalue weighted by atomic mass is 10.3. The standard InChI is InChI=1S/C13H22N2OS/c1-4-8-14-13-7-5-6-12(15-13)9-17-11(3)10(2)16/h5-7,10-11,16H,4,8-9H2,1-3H3,(H,14,15). The third kappa shape index (κ3) is 5.41. The van der Waals surface area contributed by atoms with Crippen molar-refractivity contribution in [3.8, 4) is 0 Å². The first-order valence-electron chi connectivity index (χ1n) is 6.13. The highest BCUT2D eigenvalue weighted by molar-refractivity contribution is 7.99. The Bertz CT molecular complexity index is 331. The summed E-state index contributed by atoms with van der Waals surface area (Å²) in [6.07, 6.45) is 0.820. The molecule has 0 bridgehead atoms. The van der Waals surface area contributed by atoms with Crippen LogP contribution in [0, 0.1) is 0 Å². The molecule has 1 aromatic heterocycles. The minimum Gasteiger partial charge on any atom is -0.392 e. The van der Waals surface area contributed by atoms with E-state index in [4.69, 9.17) is 0 Å². The van der Waals surface area contributed by atoms with Crippen molar-refractivity contribution in [3.63, 3.8) is 0 Å². The lowest BCUT2D eigenvalue weighted by molar-refractivity contribution is 0.196. The van der Waals surface area contributed by atoms with Gasteiger partial charge < -0.3 is 10.4 Å². The quantitative estimate of drug-likeness (QED) is 0.785. The van der Waals surface area contributed by atoms with Gasteiger partial charge in [0.15, 0.2) is 0 Å². The molecule has 0 saturated heterocycles. The van der Waals surface area contributed by atoms with Gasteiger partial charge in [0, 0.05) is 17.5 Å². The highest BCUT2D eigenvalue weighted by atomic mass is 32.2. The summed E-state index contributed by atoms with van der Waals surface area (Å²) in [7, 11) is 0. The maximum atomic E-state index is 9.42. The number of hydrogen-bond donors (Lipinski definition) is 2. The van der Waals surface area contributed by atoms with Crippen molar-refractivity contribution in [1.29, 1.82) is 0 Å². The normalized spacial score (nSPS) is 14.4. The van der Waals surface area contributed by atoms with Gasteiger partial charge in [0.2, 0.25) is 0 Å². The van der Waals surface area contributed by atoms with Gasteiger partial charge in [0.05, 0.1) is 11.8 Å². The van der Waals surface area contributed by atoms with E-state index in [-0.39, 0.29) is 11.4 Å². The van der Waals surface area contributed by atoms with Crippen LogP contribution in [0.15, 0.2) is 18.2 Å². The molecule has 1 aromatic rings. The van der Waals surface area contributed by atoms with Gasteiger partial charge in [0.25, 0.3) is 0 Å².